The first kappa shape index (κ1) is 27.4. The number of hydrogen-bond acceptors (Lipinski definition) is 8. The summed E-state index contributed by atoms with van der Waals surface area (Å²) in [4.78, 5) is 36.9. The highest BCUT2D eigenvalue weighted by molar-refractivity contribution is 6.00. The van der Waals surface area contributed by atoms with E-state index in [2.05, 4.69) is 6.58 Å². The summed E-state index contributed by atoms with van der Waals surface area (Å²) in [6.45, 7) is 16.0. The molecule has 8 nitrogen and oxygen atoms in total. The Morgan fingerprint density at radius 3 is 1.76 bits per heavy atom. The number of ketones is 2. The molecular formula is C21H36O8. The molecular weight excluding hydrogens is 380 g/mol. The van der Waals surface area contributed by atoms with Crippen molar-refractivity contribution >= 4 is 17.5 Å². The van der Waals surface area contributed by atoms with Crippen molar-refractivity contribution in [3.63, 3.8) is 0 Å². The van der Waals surface area contributed by atoms with Gasteiger partial charge in [-0.2, -0.15) is 0 Å². The third-order valence-corrected chi connectivity index (χ3v) is 4.24. The Bertz CT molecular complexity index is 604. The standard InChI is InChI=1S/C21H36O8/c1-14(2)16(23)19(4,5)27-12-13-28-21(8,9)18(25)29-15(3)17(24)20(6,7)26-11-10-22/h15,22H,1,10-13H2,2-9H3. The van der Waals surface area contributed by atoms with Crippen molar-refractivity contribution in [3.05, 3.63) is 12.2 Å². The molecule has 0 aliphatic heterocycles. The van der Waals surface area contributed by atoms with Gasteiger partial charge >= 0.3 is 5.97 Å². The molecule has 0 fully saturated rings. The van der Waals surface area contributed by atoms with Crippen molar-refractivity contribution in [2.24, 2.45) is 0 Å². The molecule has 1 unspecified atom stereocenters. The Kier molecular flexibility index (Phi) is 10.4. The fraction of sp³-hybridized carbons (Fsp3) is 0.762. The van der Waals surface area contributed by atoms with Gasteiger partial charge in [-0.1, -0.05) is 6.58 Å². The van der Waals surface area contributed by atoms with Crippen LogP contribution >= 0.6 is 0 Å². The SMILES string of the molecule is C=C(C)C(=O)C(C)(C)OCCOC(C)(C)C(=O)OC(C)C(=O)C(C)(C)OCCO. The smallest absolute Gasteiger partial charge is 0.338 e. The highest BCUT2D eigenvalue weighted by Gasteiger charge is 2.38. The van der Waals surface area contributed by atoms with E-state index in [-0.39, 0.29) is 32.2 Å². The molecule has 8 heteroatoms. The Balaban J connectivity index is 4.67. The summed E-state index contributed by atoms with van der Waals surface area (Å²) in [5.74, 6) is -1.36. The first-order chi connectivity index (χ1) is 13.1. The van der Waals surface area contributed by atoms with Crippen LogP contribution in [0.15, 0.2) is 12.2 Å². The molecule has 0 saturated carbocycles. The van der Waals surface area contributed by atoms with Gasteiger partial charge in [0.25, 0.3) is 0 Å². The second-order valence-electron chi connectivity index (χ2n) is 8.32. The van der Waals surface area contributed by atoms with Crippen LogP contribution in [0.5, 0.6) is 0 Å². The molecule has 0 saturated heterocycles. The minimum atomic E-state index is -1.32. The van der Waals surface area contributed by atoms with Crippen LogP contribution in [-0.4, -0.2) is 72.0 Å². The lowest BCUT2D eigenvalue weighted by atomic mass is 9.98. The van der Waals surface area contributed by atoms with Gasteiger partial charge in [0.05, 0.1) is 26.4 Å². The van der Waals surface area contributed by atoms with E-state index in [0.717, 1.165) is 0 Å². The van der Waals surface area contributed by atoms with Crippen molar-refractivity contribution in [3.8, 4) is 0 Å². The molecule has 1 atom stereocenters. The number of Topliss-reactive ketones (excluding diaryl/α,β-unsaturated/α-hetero) is 2. The lowest BCUT2D eigenvalue weighted by molar-refractivity contribution is -0.181. The van der Waals surface area contributed by atoms with E-state index in [4.69, 9.17) is 24.1 Å². The van der Waals surface area contributed by atoms with E-state index < -0.39 is 34.7 Å². The molecule has 0 aromatic heterocycles. The van der Waals surface area contributed by atoms with Crippen molar-refractivity contribution in [2.75, 3.05) is 26.4 Å². The fourth-order valence-electron chi connectivity index (χ4n) is 2.45. The molecule has 168 valence electrons. The summed E-state index contributed by atoms with van der Waals surface area (Å²) in [5.41, 5.74) is -3.18. The summed E-state index contributed by atoms with van der Waals surface area (Å²) in [6.07, 6.45) is -1.05. The first-order valence-corrected chi connectivity index (χ1v) is 9.57. The zero-order chi connectivity index (χ0) is 23.0. The number of esters is 1. The predicted octanol–water partition coefficient (Wildman–Crippen LogP) is 2.01. The van der Waals surface area contributed by atoms with E-state index in [1.807, 2.05) is 0 Å². The topological polar surface area (TPSA) is 108 Å². The summed E-state index contributed by atoms with van der Waals surface area (Å²) in [7, 11) is 0. The highest BCUT2D eigenvalue weighted by atomic mass is 16.6. The second kappa shape index (κ2) is 11.0. The fourth-order valence-corrected chi connectivity index (χ4v) is 2.45. The number of hydrogen-bond donors (Lipinski definition) is 1. The van der Waals surface area contributed by atoms with E-state index >= 15 is 0 Å². The quantitative estimate of drug-likeness (QED) is 0.260. The van der Waals surface area contributed by atoms with Crippen LogP contribution in [-0.2, 0) is 33.3 Å². The maximum atomic E-state index is 12.4. The minimum absolute atomic E-state index is 0.00175. The molecule has 0 aromatic carbocycles. The molecule has 0 heterocycles. The summed E-state index contributed by atoms with van der Waals surface area (Å²) < 4.78 is 21.7. The van der Waals surface area contributed by atoms with Crippen molar-refractivity contribution in [2.45, 2.75) is 78.3 Å². The molecule has 0 spiro atoms. The van der Waals surface area contributed by atoms with Gasteiger partial charge in [-0.05, 0) is 61.0 Å². The van der Waals surface area contributed by atoms with E-state index in [0.29, 0.717) is 5.57 Å². The molecule has 0 amide bonds. The van der Waals surface area contributed by atoms with Crippen LogP contribution in [0, 0.1) is 0 Å². The van der Waals surface area contributed by atoms with Gasteiger partial charge in [0.1, 0.15) is 11.2 Å². The van der Waals surface area contributed by atoms with Gasteiger partial charge in [-0.15, -0.1) is 0 Å². The molecule has 0 rings (SSSR count). The van der Waals surface area contributed by atoms with Gasteiger partial charge in [0, 0.05) is 0 Å². The van der Waals surface area contributed by atoms with Crippen LogP contribution in [0.2, 0.25) is 0 Å². The summed E-state index contributed by atoms with van der Waals surface area (Å²) >= 11 is 0. The monoisotopic (exact) mass is 416 g/mol. The first-order valence-electron chi connectivity index (χ1n) is 9.57. The molecule has 0 aromatic rings. The number of carbonyl (C=O) groups is 3. The molecule has 1 N–H and O–H groups in total. The molecule has 0 bridgehead atoms. The lowest BCUT2D eigenvalue weighted by Crippen LogP contribution is -2.47. The maximum absolute atomic E-state index is 12.4. The lowest BCUT2D eigenvalue weighted by Gasteiger charge is -2.30. The number of ether oxygens (including phenoxy) is 4. The number of aliphatic hydroxyl groups is 1. The Labute approximate surface area is 173 Å². The van der Waals surface area contributed by atoms with E-state index in [1.165, 1.54) is 20.8 Å². The minimum Gasteiger partial charge on any atom is -0.452 e. The molecule has 0 radical (unpaired) electrons. The van der Waals surface area contributed by atoms with Crippen LogP contribution in [0.25, 0.3) is 0 Å². The third kappa shape index (κ3) is 8.74. The average molecular weight is 417 g/mol. The Morgan fingerprint density at radius 2 is 1.31 bits per heavy atom. The van der Waals surface area contributed by atoms with Gasteiger partial charge in [-0.3, -0.25) is 9.59 Å². The van der Waals surface area contributed by atoms with E-state index in [1.54, 1.807) is 34.6 Å². The van der Waals surface area contributed by atoms with Crippen LogP contribution in [0.1, 0.15) is 55.4 Å². The van der Waals surface area contributed by atoms with Gasteiger partial charge in [-0.25, -0.2) is 4.79 Å². The Hall–Kier alpha value is -1.61. The number of aliphatic hydroxyl groups excluding tert-OH is 1. The van der Waals surface area contributed by atoms with Gasteiger partial charge in [0.2, 0.25) is 5.78 Å². The number of carbonyl (C=O) groups excluding carboxylic acids is 3. The van der Waals surface area contributed by atoms with Crippen LogP contribution in [0.3, 0.4) is 0 Å². The maximum Gasteiger partial charge on any atom is 0.338 e. The average Bonchev–Trinajstić information content (AvgIpc) is 2.61. The second-order valence-corrected chi connectivity index (χ2v) is 8.32. The van der Waals surface area contributed by atoms with E-state index in [9.17, 15) is 14.4 Å². The zero-order valence-electron chi connectivity index (χ0n) is 18.9. The van der Waals surface area contributed by atoms with Gasteiger partial charge in [0.15, 0.2) is 17.5 Å². The number of rotatable bonds is 14. The van der Waals surface area contributed by atoms with Gasteiger partial charge < -0.3 is 24.1 Å². The largest absolute Gasteiger partial charge is 0.452 e. The predicted molar refractivity (Wildman–Crippen MR) is 108 cm³/mol. The normalized spacial score (nSPS) is 13.7. The van der Waals surface area contributed by atoms with Crippen molar-refractivity contribution in [1.82, 2.24) is 0 Å². The van der Waals surface area contributed by atoms with Crippen molar-refractivity contribution < 1.29 is 38.4 Å². The van der Waals surface area contributed by atoms with Crippen molar-refractivity contribution in [1.29, 1.82) is 0 Å². The van der Waals surface area contributed by atoms with Crippen LogP contribution in [0.4, 0.5) is 0 Å². The summed E-state index contributed by atoms with van der Waals surface area (Å²) in [5, 5.41) is 8.84. The molecule has 0 aliphatic rings. The summed E-state index contributed by atoms with van der Waals surface area (Å²) in [6, 6.07) is 0. The Morgan fingerprint density at radius 1 is 0.862 bits per heavy atom. The highest BCUT2D eigenvalue weighted by Crippen LogP contribution is 2.19. The zero-order valence-corrected chi connectivity index (χ0v) is 18.9. The van der Waals surface area contributed by atoms with Crippen LogP contribution < -0.4 is 0 Å². The molecule has 0 aliphatic carbocycles. The third-order valence-electron chi connectivity index (χ3n) is 4.24. The molecule has 29 heavy (non-hydrogen) atoms.